The van der Waals surface area contributed by atoms with E-state index in [2.05, 4.69) is 9.71 Å². The fourth-order valence-corrected chi connectivity index (χ4v) is 1.76. The first kappa shape index (κ1) is 6.35. The highest BCUT2D eigenvalue weighted by molar-refractivity contribution is 7.91. The van der Waals surface area contributed by atoms with E-state index in [4.69, 9.17) is 0 Å². The fourth-order valence-electron chi connectivity index (χ4n) is 0.813. The summed E-state index contributed by atoms with van der Waals surface area (Å²) in [6, 6.07) is 1.41. The SMILES string of the molecule is O=c1nc2ccn1S(=O)(=O)N2. The third-order valence-corrected chi connectivity index (χ3v) is 2.53. The minimum absolute atomic E-state index is 0.0671. The smallest absolute Gasteiger partial charge is 0.249 e. The van der Waals surface area contributed by atoms with Crippen LogP contribution in [0.5, 0.6) is 0 Å². The molecule has 0 aromatic carbocycles. The molecule has 0 spiro atoms. The van der Waals surface area contributed by atoms with Gasteiger partial charge >= 0.3 is 15.9 Å². The highest BCUT2D eigenvalue weighted by Gasteiger charge is 2.21. The van der Waals surface area contributed by atoms with Crippen molar-refractivity contribution in [2.75, 3.05) is 4.72 Å². The van der Waals surface area contributed by atoms with Gasteiger partial charge in [0.1, 0.15) is 5.82 Å². The standard InChI is InChI=1S/C4H3N3O3S/c8-4-5-3-1-2-7(4)11(9,10)6-3/h1-2H,(H,5,6,8). The summed E-state index contributed by atoms with van der Waals surface area (Å²) in [5.74, 6) is 0.0671. The van der Waals surface area contributed by atoms with Crippen LogP contribution in [0, 0.1) is 0 Å². The Morgan fingerprint density at radius 1 is 1.55 bits per heavy atom. The largest absolute Gasteiger partial charge is 0.364 e. The molecule has 1 N–H and O–H groups in total. The molecule has 7 heteroatoms. The number of fused-ring (bicyclic) bond motifs is 3. The third-order valence-electron chi connectivity index (χ3n) is 1.26. The van der Waals surface area contributed by atoms with Crippen LogP contribution in [-0.4, -0.2) is 17.4 Å². The van der Waals surface area contributed by atoms with E-state index in [0.29, 0.717) is 3.97 Å². The van der Waals surface area contributed by atoms with Crippen molar-refractivity contribution in [3.05, 3.63) is 22.7 Å². The lowest BCUT2D eigenvalue weighted by molar-refractivity contribution is 0.586. The Morgan fingerprint density at radius 3 is 2.64 bits per heavy atom. The van der Waals surface area contributed by atoms with E-state index < -0.39 is 15.9 Å². The number of nitrogens with zero attached hydrogens (tertiary/aromatic N) is 2. The van der Waals surface area contributed by atoms with Gasteiger partial charge in [0.15, 0.2) is 0 Å². The average molecular weight is 173 g/mol. The molecule has 0 atom stereocenters. The van der Waals surface area contributed by atoms with Crippen molar-refractivity contribution in [2.45, 2.75) is 0 Å². The first-order valence-corrected chi connectivity index (χ1v) is 4.17. The molecule has 3 heterocycles. The summed E-state index contributed by atoms with van der Waals surface area (Å²) in [6.45, 7) is 0. The monoisotopic (exact) mass is 173 g/mol. The Hall–Kier alpha value is -1.37. The number of aromatic nitrogens is 2. The van der Waals surface area contributed by atoms with Gasteiger partial charge < -0.3 is 0 Å². The van der Waals surface area contributed by atoms with Crippen molar-refractivity contribution in [1.29, 1.82) is 0 Å². The van der Waals surface area contributed by atoms with E-state index in [0.717, 1.165) is 6.20 Å². The van der Waals surface area contributed by atoms with Gasteiger partial charge in [-0.2, -0.15) is 17.4 Å². The second-order valence-electron chi connectivity index (χ2n) is 2.00. The molecule has 0 saturated heterocycles. The van der Waals surface area contributed by atoms with Crippen LogP contribution in [0.1, 0.15) is 0 Å². The summed E-state index contributed by atoms with van der Waals surface area (Å²) in [6.07, 6.45) is 1.16. The van der Waals surface area contributed by atoms with Crippen molar-refractivity contribution in [3.63, 3.8) is 0 Å². The molecule has 1 aromatic rings. The van der Waals surface area contributed by atoms with Crippen molar-refractivity contribution in [3.8, 4) is 0 Å². The Morgan fingerprint density at radius 2 is 2.27 bits per heavy atom. The summed E-state index contributed by atoms with van der Waals surface area (Å²) in [5.41, 5.74) is -0.777. The maximum Gasteiger partial charge on any atom is 0.364 e. The van der Waals surface area contributed by atoms with Crippen LogP contribution in [-0.2, 0) is 10.2 Å². The van der Waals surface area contributed by atoms with Crippen LogP contribution < -0.4 is 10.4 Å². The number of hydrogen-bond acceptors (Lipinski definition) is 4. The third kappa shape index (κ3) is 0.741. The molecule has 2 bridgehead atoms. The lowest BCUT2D eigenvalue weighted by Crippen LogP contribution is -2.38. The molecule has 0 saturated carbocycles. The molecule has 0 amide bonds. The molecule has 1 aromatic heterocycles. The zero-order chi connectivity index (χ0) is 8.06. The van der Waals surface area contributed by atoms with Crippen LogP contribution in [0.15, 0.2) is 17.1 Å². The fraction of sp³-hybridized carbons (Fsp3) is 0. The number of rotatable bonds is 0. The Balaban J connectivity index is 2.99. The Kier molecular flexibility index (Phi) is 0.933. The molecule has 0 unspecified atom stereocenters. The van der Waals surface area contributed by atoms with E-state index >= 15 is 0 Å². The molecule has 3 rings (SSSR count). The van der Waals surface area contributed by atoms with E-state index in [1.54, 1.807) is 0 Å². The van der Waals surface area contributed by atoms with Gasteiger partial charge in [-0.15, -0.1) is 0 Å². The van der Waals surface area contributed by atoms with Crippen LogP contribution >= 0.6 is 0 Å². The number of anilines is 1. The summed E-state index contributed by atoms with van der Waals surface area (Å²) in [5, 5.41) is 0. The highest BCUT2D eigenvalue weighted by atomic mass is 32.2. The van der Waals surface area contributed by atoms with Crippen molar-refractivity contribution >= 4 is 16.0 Å². The molecule has 0 fully saturated rings. The molecular formula is C4H3N3O3S. The van der Waals surface area contributed by atoms with Crippen molar-refractivity contribution in [1.82, 2.24) is 8.96 Å². The van der Waals surface area contributed by atoms with Crippen LogP contribution in [0.4, 0.5) is 5.82 Å². The topological polar surface area (TPSA) is 81.1 Å². The van der Waals surface area contributed by atoms with Crippen LogP contribution in [0.2, 0.25) is 0 Å². The van der Waals surface area contributed by atoms with Gasteiger partial charge in [0.25, 0.3) is 0 Å². The molecule has 11 heavy (non-hydrogen) atoms. The molecule has 0 aliphatic carbocycles. The second kappa shape index (κ2) is 1.62. The molecule has 58 valence electrons. The van der Waals surface area contributed by atoms with Gasteiger partial charge in [-0.05, 0) is 6.07 Å². The minimum Gasteiger partial charge on any atom is -0.249 e. The van der Waals surface area contributed by atoms with Gasteiger partial charge in [0.05, 0.1) is 0 Å². The molecule has 2 aliphatic heterocycles. The van der Waals surface area contributed by atoms with Gasteiger partial charge in [0.2, 0.25) is 0 Å². The molecule has 6 nitrogen and oxygen atoms in total. The zero-order valence-corrected chi connectivity index (χ0v) is 6.00. The van der Waals surface area contributed by atoms with Crippen LogP contribution in [0.3, 0.4) is 0 Å². The van der Waals surface area contributed by atoms with E-state index in [1.807, 2.05) is 0 Å². The van der Waals surface area contributed by atoms with Gasteiger partial charge in [-0.1, -0.05) is 0 Å². The quantitative estimate of drug-likeness (QED) is 0.532. The highest BCUT2D eigenvalue weighted by Crippen LogP contribution is 2.08. The molecule has 2 aliphatic rings. The minimum atomic E-state index is -3.66. The summed E-state index contributed by atoms with van der Waals surface area (Å²) >= 11 is 0. The Bertz CT molecular complexity index is 460. The van der Waals surface area contributed by atoms with Gasteiger partial charge in [-0.3, -0.25) is 0 Å². The predicted octanol–water partition coefficient (Wildman–Crippen LogP) is -1.24. The van der Waals surface area contributed by atoms with E-state index in [-0.39, 0.29) is 5.82 Å². The zero-order valence-electron chi connectivity index (χ0n) is 5.18. The van der Waals surface area contributed by atoms with E-state index in [1.165, 1.54) is 6.07 Å². The molecular weight excluding hydrogens is 170 g/mol. The van der Waals surface area contributed by atoms with E-state index in [9.17, 15) is 13.2 Å². The normalized spacial score (nSPS) is 17.8. The maximum atomic E-state index is 10.9. The predicted molar refractivity (Wildman–Crippen MR) is 36.4 cm³/mol. The first-order chi connectivity index (χ1) is 5.09. The maximum absolute atomic E-state index is 10.9. The van der Waals surface area contributed by atoms with Gasteiger partial charge in [-0.25, -0.2) is 9.52 Å². The molecule has 0 radical (unpaired) electrons. The number of hydrogen-bond donors (Lipinski definition) is 1. The first-order valence-electron chi connectivity index (χ1n) is 2.73. The summed E-state index contributed by atoms with van der Waals surface area (Å²) < 4.78 is 24.4. The van der Waals surface area contributed by atoms with Crippen LogP contribution in [0.25, 0.3) is 0 Å². The second-order valence-corrected chi connectivity index (χ2v) is 3.55. The van der Waals surface area contributed by atoms with Crippen molar-refractivity contribution < 1.29 is 8.42 Å². The average Bonchev–Trinajstić information content (AvgIpc) is 1.83. The summed E-state index contributed by atoms with van der Waals surface area (Å²) in [7, 11) is -3.66. The summed E-state index contributed by atoms with van der Waals surface area (Å²) in [4.78, 5) is 14.1. The Labute approximate surface area is 61.7 Å². The van der Waals surface area contributed by atoms with Gasteiger partial charge in [0, 0.05) is 6.20 Å². The number of nitrogens with one attached hydrogen (secondary N) is 1. The lowest BCUT2D eigenvalue weighted by Gasteiger charge is -2.13. The lowest BCUT2D eigenvalue weighted by atomic mass is 10.6. The van der Waals surface area contributed by atoms with Crippen molar-refractivity contribution in [2.24, 2.45) is 0 Å².